The number of phenolic OH excluding ortho intramolecular Hbond substituents is 1. The van der Waals surface area contributed by atoms with Crippen molar-refractivity contribution < 1.29 is 29.0 Å². The van der Waals surface area contributed by atoms with Crippen molar-refractivity contribution in [2.24, 2.45) is 0 Å². The van der Waals surface area contributed by atoms with Gasteiger partial charge in [0.15, 0.2) is 0 Å². The van der Waals surface area contributed by atoms with Gasteiger partial charge in [-0.2, -0.15) is 0 Å². The zero-order valence-electron chi connectivity index (χ0n) is 18.6. The van der Waals surface area contributed by atoms with Crippen LogP contribution in [-0.4, -0.2) is 32.9 Å². The predicted molar refractivity (Wildman–Crippen MR) is 122 cm³/mol. The van der Waals surface area contributed by atoms with Gasteiger partial charge in [0.1, 0.15) is 23.0 Å². The molecule has 1 fully saturated rings. The van der Waals surface area contributed by atoms with Gasteiger partial charge in [-0.15, -0.1) is 0 Å². The smallest absolute Gasteiger partial charge is 0.296 e. The molecule has 0 saturated carbocycles. The van der Waals surface area contributed by atoms with E-state index >= 15 is 0 Å². The second-order valence-corrected chi connectivity index (χ2v) is 8.25. The van der Waals surface area contributed by atoms with E-state index in [1.807, 2.05) is 20.8 Å². The van der Waals surface area contributed by atoms with Gasteiger partial charge in [0.2, 0.25) is 0 Å². The standard InChI is InChI=1S/C26H25NO6/c1-15(2)33-21-10-9-18(12-16(21)3)24(29)22-23(17-6-4-7-19(28)13-17)27(26(31)25(22)30)14-20-8-5-11-32-20/h4-13,15,23,28-29H,14H2,1-3H3/b24-22-. The van der Waals surface area contributed by atoms with E-state index in [1.54, 1.807) is 42.5 Å². The summed E-state index contributed by atoms with van der Waals surface area (Å²) in [6.07, 6.45) is 1.47. The molecule has 1 aliphatic rings. The summed E-state index contributed by atoms with van der Waals surface area (Å²) in [5.74, 6) is -0.687. The number of carbonyl (C=O) groups excluding carboxylic acids is 2. The molecule has 1 saturated heterocycles. The highest BCUT2D eigenvalue weighted by Crippen LogP contribution is 2.41. The van der Waals surface area contributed by atoms with Crippen LogP contribution in [0.4, 0.5) is 0 Å². The van der Waals surface area contributed by atoms with Crippen LogP contribution in [-0.2, 0) is 16.1 Å². The van der Waals surface area contributed by atoms with Crippen molar-refractivity contribution in [3.63, 3.8) is 0 Å². The summed E-state index contributed by atoms with van der Waals surface area (Å²) in [4.78, 5) is 27.4. The molecule has 2 heterocycles. The first-order valence-electron chi connectivity index (χ1n) is 10.6. The van der Waals surface area contributed by atoms with E-state index in [2.05, 4.69) is 0 Å². The van der Waals surface area contributed by atoms with Crippen molar-refractivity contribution in [2.45, 2.75) is 39.5 Å². The summed E-state index contributed by atoms with van der Waals surface area (Å²) in [7, 11) is 0. The Morgan fingerprint density at radius 1 is 1.12 bits per heavy atom. The molecule has 1 aliphatic heterocycles. The Labute approximate surface area is 191 Å². The highest BCUT2D eigenvalue weighted by Gasteiger charge is 2.46. The molecule has 33 heavy (non-hydrogen) atoms. The highest BCUT2D eigenvalue weighted by atomic mass is 16.5. The number of ketones is 1. The number of aryl methyl sites for hydroxylation is 1. The summed E-state index contributed by atoms with van der Waals surface area (Å²) in [6.45, 7) is 5.72. The third-order valence-electron chi connectivity index (χ3n) is 5.44. The Morgan fingerprint density at radius 2 is 1.91 bits per heavy atom. The molecule has 170 valence electrons. The zero-order valence-corrected chi connectivity index (χ0v) is 18.6. The second kappa shape index (κ2) is 8.86. The van der Waals surface area contributed by atoms with Gasteiger partial charge < -0.3 is 24.3 Å². The lowest BCUT2D eigenvalue weighted by molar-refractivity contribution is -0.140. The van der Waals surface area contributed by atoms with Crippen LogP contribution in [0, 0.1) is 6.92 Å². The average Bonchev–Trinajstić information content (AvgIpc) is 3.37. The summed E-state index contributed by atoms with van der Waals surface area (Å²) in [5.41, 5.74) is 1.63. The Morgan fingerprint density at radius 3 is 2.55 bits per heavy atom. The van der Waals surface area contributed by atoms with Crippen LogP contribution in [0.5, 0.6) is 11.5 Å². The largest absolute Gasteiger partial charge is 0.508 e. The molecule has 4 rings (SSSR count). The maximum Gasteiger partial charge on any atom is 0.296 e. The summed E-state index contributed by atoms with van der Waals surface area (Å²) < 4.78 is 11.1. The molecule has 1 aromatic heterocycles. The van der Waals surface area contributed by atoms with Crippen LogP contribution in [0.1, 0.15) is 42.3 Å². The molecule has 0 spiro atoms. The van der Waals surface area contributed by atoms with E-state index in [-0.39, 0.29) is 29.7 Å². The predicted octanol–water partition coefficient (Wildman–Crippen LogP) is 4.70. The number of hydrogen-bond donors (Lipinski definition) is 2. The number of amides is 1. The monoisotopic (exact) mass is 447 g/mol. The number of hydrogen-bond acceptors (Lipinski definition) is 6. The molecule has 2 aromatic carbocycles. The minimum Gasteiger partial charge on any atom is -0.508 e. The van der Waals surface area contributed by atoms with Crippen molar-refractivity contribution in [3.05, 3.63) is 88.9 Å². The SMILES string of the molecule is Cc1cc(/C(O)=C2/C(=O)C(=O)N(Cc3ccco3)C2c2cccc(O)c2)ccc1OC(C)C. The first-order valence-corrected chi connectivity index (χ1v) is 10.6. The first-order chi connectivity index (χ1) is 15.8. The van der Waals surface area contributed by atoms with E-state index < -0.39 is 17.7 Å². The van der Waals surface area contributed by atoms with Crippen molar-refractivity contribution in [3.8, 4) is 11.5 Å². The van der Waals surface area contributed by atoms with Crippen LogP contribution >= 0.6 is 0 Å². The van der Waals surface area contributed by atoms with Crippen LogP contribution in [0.15, 0.2) is 70.9 Å². The lowest BCUT2D eigenvalue weighted by Gasteiger charge is -2.24. The van der Waals surface area contributed by atoms with Crippen LogP contribution in [0.3, 0.4) is 0 Å². The Hall–Kier alpha value is -4.00. The van der Waals surface area contributed by atoms with Gasteiger partial charge in [-0.05, 0) is 74.4 Å². The average molecular weight is 447 g/mol. The summed E-state index contributed by atoms with van der Waals surface area (Å²) in [6, 6.07) is 13.9. The quantitative estimate of drug-likeness (QED) is 0.323. The minimum absolute atomic E-state index is 0.0119. The third-order valence-corrected chi connectivity index (χ3v) is 5.44. The number of aliphatic hydroxyl groups excluding tert-OH is 1. The van der Waals surface area contributed by atoms with Crippen molar-refractivity contribution in [1.82, 2.24) is 4.90 Å². The molecule has 2 N–H and O–H groups in total. The minimum atomic E-state index is -0.894. The number of phenols is 1. The zero-order chi connectivity index (χ0) is 23.7. The van der Waals surface area contributed by atoms with Crippen molar-refractivity contribution in [2.75, 3.05) is 0 Å². The maximum absolute atomic E-state index is 13.1. The van der Waals surface area contributed by atoms with Gasteiger partial charge in [-0.25, -0.2) is 0 Å². The van der Waals surface area contributed by atoms with Gasteiger partial charge in [0, 0.05) is 5.56 Å². The molecule has 3 aromatic rings. The number of carbonyl (C=O) groups is 2. The first kappa shape index (κ1) is 22.2. The van der Waals surface area contributed by atoms with Crippen LogP contribution in [0.25, 0.3) is 5.76 Å². The van der Waals surface area contributed by atoms with Gasteiger partial charge >= 0.3 is 0 Å². The number of aromatic hydroxyl groups is 1. The lowest BCUT2D eigenvalue weighted by Crippen LogP contribution is -2.29. The number of furan rings is 1. The number of likely N-dealkylation sites (tertiary alicyclic amines) is 1. The Kier molecular flexibility index (Phi) is 5.96. The van der Waals surface area contributed by atoms with E-state index in [0.29, 0.717) is 22.6 Å². The van der Waals surface area contributed by atoms with E-state index in [0.717, 1.165) is 5.56 Å². The van der Waals surface area contributed by atoms with Gasteiger partial charge in [-0.3, -0.25) is 9.59 Å². The number of benzene rings is 2. The molecule has 1 atom stereocenters. The van der Waals surface area contributed by atoms with Crippen LogP contribution < -0.4 is 4.74 Å². The Balaban J connectivity index is 1.83. The van der Waals surface area contributed by atoms with E-state index in [4.69, 9.17) is 9.15 Å². The number of ether oxygens (including phenoxy) is 1. The van der Waals surface area contributed by atoms with E-state index in [9.17, 15) is 19.8 Å². The fourth-order valence-corrected chi connectivity index (χ4v) is 3.99. The molecular weight excluding hydrogens is 422 g/mol. The number of aliphatic hydroxyl groups is 1. The third kappa shape index (κ3) is 4.35. The fraction of sp³-hybridized carbons (Fsp3) is 0.231. The second-order valence-electron chi connectivity index (χ2n) is 8.25. The van der Waals surface area contributed by atoms with E-state index in [1.165, 1.54) is 23.3 Å². The maximum atomic E-state index is 13.1. The molecule has 7 nitrogen and oxygen atoms in total. The van der Waals surface area contributed by atoms with Crippen molar-refractivity contribution >= 4 is 17.4 Å². The summed E-state index contributed by atoms with van der Waals surface area (Å²) >= 11 is 0. The normalized spacial score (nSPS) is 17.7. The molecule has 0 radical (unpaired) electrons. The Bertz CT molecular complexity index is 1230. The molecule has 1 unspecified atom stereocenters. The number of rotatable bonds is 6. The highest BCUT2D eigenvalue weighted by molar-refractivity contribution is 6.46. The fourth-order valence-electron chi connectivity index (χ4n) is 3.99. The van der Waals surface area contributed by atoms with Crippen molar-refractivity contribution in [1.29, 1.82) is 0 Å². The van der Waals surface area contributed by atoms with Gasteiger partial charge in [-0.1, -0.05) is 12.1 Å². The lowest BCUT2D eigenvalue weighted by atomic mass is 9.94. The topological polar surface area (TPSA) is 100 Å². The number of nitrogens with zero attached hydrogens (tertiary/aromatic N) is 1. The summed E-state index contributed by atoms with van der Waals surface area (Å²) in [5, 5.41) is 21.2. The molecular formula is C26H25NO6. The molecule has 1 amide bonds. The molecule has 0 bridgehead atoms. The molecule has 0 aliphatic carbocycles. The number of Topliss-reactive ketones (excluding diaryl/α,β-unsaturated/α-hetero) is 1. The van der Waals surface area contributed by atoms with Gasteiger partial charge in [0.05, 0.1) is 30.5 Å². The molecule has 7 heteroatoms. The van der Waals surface area contributed by atoms with Crippen LogP contribution in [0.2, 0.25) is 0 Å². The van der Waals surface area contributed by atoms with Gasteiger partial charge in [0.25, 0.3) is 11.7 Å².